The van der Waals surface area contributed by atoms with Crippen LogP contribution in [-0.4, -0.2) is 43.9 Å². The number of rotatable bonds is 5. The molecule has 0 aliphatic carbocycles. The van der Waals surface area contributed by atoms with E-state index < -0.39 is 0 Å². The Morgan fingerprint density at radius 2 is 1.95 bits per heavy atom. The van der Waals surface area contributed by atoms with Crippen molar-refractivity contribution >= 4 is 0 Å². The summed E-state index contributed by atoms with van der Waals surface area (Å²) in [5, 5.41) is 4.43. The number of piperidine rings is 1. The van der Waals surface area contributed by atoms with E-state index in [0.29, 0.717) is 0 Å². The molecule has 0 radical (unpaired) electrons. The number of imidazole rings is 1. The van der Waals surface area contributed by atoms with Crippen LogP contribution in [0.2, 0.25) is 0 Å². The molecule has 0 saturated carbocycles. The topological polar surface area (TPSA) is 38.9 Å². The second-order valence-electron chi connectivity index (χ2n) is 6.03. The summed E-state index contributed by atoms with van der Waals surface area (Å²) in [6.45, 7) is 6.83. The van der Waals surface area contributed by atoms with E-state index in [1.165, 1.54) is 56.6 Å². The minimum Gasteiger partial charge on any atom is -0.330 e. The van der Waals surface area contributed by atoms with Gasteiger partial charge in [0.05, 0.1) is 23.9 Å². The lowest BCUT2D eigenvalue weighted by molar-refractivity contribution is 0.223. The largest absolute Gasteiger partial charge is 0.330 e. The summed E-state index contributed by atoms with van der Waals surface area (Å²) in [7, 11) is 1.97. The van der Waals surface area contributed by atoms with E-state index in [1.54, 1.807) is 0 Å². The van der Waals surface area contributed by atoms with Gasteiger partial charge in [0, 0.05) is 25.4 Å². The normalized spacial score (nSPS) is 16.5. The van der Waals surface area contributed by atoms with Gasteiger partial charge in [-0.05, 0) is 45.8 Å². The SMILES string of the molecule is Cc1nn(C)cc1-c1cncn1CCCN1CCCCC1. The Labute approximate surface area is 126 Å². The highest BCUT2D eigenvalue weighted by molar-refractivity contribution is 5.60. The minimum absolute atomic E-state index is 1.03. The Balaban J connectivity index is 1.61. The summed E-state index contributed by atoms with van der Waals surface area (Å²) in [5.41, 5.74) is 3.43. The zero-order valence-corrected chi connectivity index (χ0v) is 13.1. The first-order valence-corrected chi connectivity index (χ1v) is 7.97. The molecule has 0 unspecified atom stereocenters. The molecule has 2 aromatic rings. The smallest absolute Gasteiger partial charge is 0.0950 e. The van der Waals surface area contributed by atoms with E-state index in [-0.39, 0.29) is 0 Å². The number of nitrogens with zero attached hydrogens (tertiary/aromatic N) is 5. The number of hydrogen-bond donors (Lipinski definition) is 0. The molecule has 0 atom stereocenters. The Morgan fingerprint density at radius 1 is 1.14 bits per heavy atom. The van der Waals surface area contributed by atoms with E-state index in [4.69, 9.17) is 0 Å². The predicted molar refractivity (Wildman–Crippen MR) is 84.1 cm³/mol. The van der Waals surface area contributed by atoms with Crippen molar-refractivity contribution in [2.45, 2.75) is 39.2 Å². The van der Waals surface area contributed by atoms with Crippen molar-refractivity contribution in [2.75, 3.05) is 19.6 Å². The van der Waals surface area contributed by atoms with Gasteiger partial charge in [-0.25, -0.2) is 4.98 Å². The van der Waals surface area contributed by atoms with Gasteiger partial charge in [-0.1, -0.05) is 6.42 Å². The van der Waals surface area contributed by atoms with Gasteiger partial charge in [0.15, 0.2) is 0 Å². The average Bonchev–Trinajstić information content (AvgIpc) is 3.06. The van der Waals surface area contributed by atoms with Gasteiger partial charge in [-0.2, -0.15) is 5.10 Å². The molecule has 0 N–H and O–H groups in total. The van der Waals surface area contributed by atoms with Crippen LogP contribution < -0.4 is 0 Å². The molecule has 1 saturated heterocycles. The third-order valence-corrected chi connectivity index (χ3v) is 4.32. The summed E-state index contributed by atoms with van der Waals surface area (Å²) in [4.78, 5) is 6.92. The molecule has 5 nitrogen and oxygen atoms in total. The van der Waals surface area contributed by atoms with Gasteiger partial charge in [0.2, 0.25) is 0 Å². The van der Waals surface area contributed by atoms with Crippen molar-refractivity contribution < 1.29 is 0 Å². The molecule has 114 valence electrons. The number of aromatic nitrogens is 4. The molecule has 0 bridgehead atoms. The monoisotopic (exact) mass is 287 g/mol. The molecular formula is C16H25N5. The van der Waals surface area contributed by atoms with Crippen LogP contribution in [0, 0.1) is 6.92 Å². The maximum Gasteiger partial charge on any atom is 0.0950 e. The lowest BCUT2D eigenvalue weighted by atomic mass is 10.1. The maximum atomic E-state index is 4.43. The number of hydrogen-bond acceptors (Lipinski definition) is 3. The average molecular weight is 287 g/mol. The Kier molecular flexibility index (Phi) is 4.39. The molecule has 21 heavy (non-hydrogen) atoms. The van der Waals surface area contributed by atoms with Crippen LogP contribution in [0.1, 0.15) is 31.4 Å². The van der Waals surface area contributed by atoms with Crippen LogP contribution in [0.15, 0.2) is 18.7 Å². The molecular weight excluding hydrogens is 262 g/mol. The highest BCUT2D eigenvalue weighted by Gasteiger charge is 2.12. The molecule has 0 amide bonds. The number of aryl methyl sites for hydroxylation is 3. The van der Waals surface area contributed by atoms with Crippen LogP contribution in [-0.2, 0) is 13.6 Å². The van der Waals surface area contributed by atoms with Crippen LogP contribution in [0.25, 0.3) is 11.3 Å². The molecule has 1 aliphatic rings. The molecule has 1 aliphatic heterocycles. The van der Waals surface area contributed by atoms with Crippen LogP contribution in [0.4, 0.5) is 0 Å². The van der Waals surface area contributed by atoms with E-state index >= 15 is 0 Å². The summed E-state index contributed by atoms with van der Waals surface area (Å²) >= 11 is 0. The Morgan fingerprint density at radius 3 is 2.67 bits per heavy atom. The first-order valence-electron chi connectivity index (χ1n) is 7.97. The molecule has 0 aromatic carbocycles. The first kappa shape index (κ1) is 14.3. The first-order chi connectivity index (χ1) is 10.2. The molecule has 3 rings (SSSR count). The van der Waals surface area contributed by atoms with Gasteiger partial charge in [0.1, 0.15) is 0 Å². The van der Waals surface area contributed by atoms with Crippen LogP contribution in [0.5, 0.6) is 0 Å². The quantitative estimate of drug-likeness (QED) is 0.848. The van der Waals surface area contributed by atoms with Crippen molar-refractivity contribution in [3.8, 4) is 11.3 Å². The lowest BCUT2D eigenvalue weighted by Crippen LogP contribution is -2.31. The van der Waals surface area contributed by atoms with Gasteiger partial charge >= 0.3 is 0 Å². The van der Waals surface area contributed by atoms with Crippen molar-refractivity contribution in [2.24, 2.45) is 7.05 Å². The highest BCUT2D eigenvalue weighted by atomic mass is 15.3. The van der Waals surface area contributed by atoms with Crippen molar-refractivity contribution in [3.05, 3.63) is 24.4 Å². The Bertz CT molecular complexity index is 577. The Hall–Kier alpha value is -1.62. The van der Waals surface area contributed by atoms with Gasteiger partial charge < -0.3 is 9.47 Å². The maximum absolute atomic E-state index is 4.43. The van der Waals surface area contributed by atoms with E-state index in [0.717, 1.165) is 12.2 Å². The van der Waals surface area contributed by atoms with E-state index in [2.05, 4.69) is 32.7 Å². The highest BCUT2D eigenvalue weighted by Crippen LogP contribution is 2.22. The number of likely N-dealkylation sites (tertiary alicyclic amines) is 1. The fourth-order valence-corrected chi connectivity index (χ4v) is 3.22. The third-order valence-electron chi connectivity index (χ3n) is 4.32. The summed E-state index contributed by atoms with van der Waals surface area (Å²) in [5.74, 6) is 0. The van der Waals surface area contributed by atoms with Crippen LogP contribution >= 0.6 is 0 Å². The zero-order valence-electron chi connectivity index (χ0n) is 13.1. The summed E-state index contributed by atoms with van der Waals surface area (Å²) in [6, 6.07) is 0. The minimum atomic E-state index is 1.03. The summed E-state index contributed by atoms with van der Waals surface area (Å²) in [6.07, 6.45) is 11.3. The second kappa shape index (κ2) is 6.43. The zero-order chi connectivity index (χ0) is 14.7. The molecule has 5 heteroatoms. The van der Waals surface area contributed by atoms with E-state index in [9.17, 15) is 0 Å². The van der Waals surface area contributed by atoms with Crippen LogP contribution in [0.3, 0.4) is 0 Å². The second-order valence-corrected chi connectivity index (χ2v) is 6.03. The lowest BCUT2D eigenvalue weighted by Gasteiger charge is -2.26. The van der Waals surface area contributed by atoms with Gasteiger partial charge in [-0.15, -0.1) is 0 Å². The van der Waals surface area contributed by atoms with Gasteiger partial charge in [0.25, 0.3) is 0 Å². The van der Waals surface area contributed by atoms with Gasteiger partial charge in [-0.3, -0.25) is 4.68 Å². The fraction of sp³-hybridized carbons (Fsp3) is 0.625. The molecule has 2 aromatic heterocycles. The third kappa shape index (κ3) is 3.35. The standard InChI is InChI=1S/C16H25N5/c1-14-15(12-19(2)18-14)16-11-17-13-21(16)10-6-9-20-7-4-3-5-8-20/h11-13H,3-10H2,1-2H3. The fourth-order valence-electron chi connectivity index (χ4n) is 3.22. The molecule has 0 spiro atoms. The molecule has 3 heterocycles. The molecule has 1 fully saturated rings. The summed E-state index contributed by atoms with van der Waals surface area (Å²) < 4.78 is 4.13. The van der Waals surface area contributed by atoms with Crippen molar-refractivity contribution in [3.63, 3.8) is 0 Å². The van der Waals surface area contributed by atoms with Crippen molar-refractivity contribution in [1.29, 1.82) is 0 Å². The van der Waals surface area contributed by atoms with E-state index in [1.807, 2.05) is 24.3 Å². The predicted octanol–water partition coefficient (Wildman–Crippen LogP) is 2.47. The van der Waals surface area contributed by atoms with Crippen molar-refractivity contribution in [1.82, 2.24) is 24.2 Å².